The third-order valence-electron chi connectivity index (χ3n) is 7.17. The van der Waals surface area contributed by atoms with E-state index in [1.807, 2.05) is 32.3 Å². The number of rotatable bonds is 9. The lowest BCUT2D eigenvalue weighted by Gasteiger charge is -2.42. The topological polar surface area (TPSA) is 61.4 Å². The van der Waals surface area contributed by atoms with Crippen LogP contribution >= 0.6 is 11.6 Å². The van der Waals surface area contributed by atoms with Crippen LogP contribution in [-0.2, 0) is 6.54 Å². The second kappa shape index (κ2) is 12.3. The van der Waals surface area contributed by atoms with Gasteiger partial charge in [-0.05, 0) is 75.4 Å². The third kappa shape index (κ3) is 6.62. The Bertz CT molecular complexity index is 1110. The average molecular weight is 506 g/mol. The molecule has 1 aliphatic heterocycles. The van der Waals surface area contributed by atoms with Gasteiger partial charge in [0.1, 0.15) is 5.15 Å². The lowest BCUT2D eigenvalue weighted by atomic mass is 9.99. The van der Waals surface area contributed by atoms with Crippen molar-refractivity contribution in [1.82, 2.24) is 20.2 Å². The summed E-state index contributed by atoms with van der Waals surface area (Å²) in [6.07, 6.45) is 6.92. The van der Waals surface area contributed by atoms with Crippen molar-refractivity contribution in [2.45, 2.75) is 58.7 Å². The number of amides is 1. The Labute approximate surface area is 219 Å². The summed E-state index contributed by atoms with van der Waals surface area (Å²) in [6.45, 7) is 9.59. The van der Waals surface area contributed by atoms with Crippen molar-refractivity contribution in [3.05, 3.63) is 88.5 Å². The summed E-state index contributed by atoms with van der Waals surface area (Å²) < 4.78 is 0. The quantitative estimate of drug-likeness (QED) is 0.393. The predicted octanol–water partition coefficient (Wildman–Crippen LogP) is 5.43. The maximum atomic E-state index is 12.7. The Morgan fingerprint density at radius 2 is 1.92 bits per heavy atom. The van der Waals surface area contributed by atoms with E-state index in [4.69, 9.17) is 11.6 Å². The number of carbonyl (C=O) groups excluding carboxylic acids is 1. The molecule has 6 nitrogen and oxygen atoms in total. The van der Waals surface area contributed by atoms with Crippen molar-refractivity contribution in [2.75, 3.05) is 24.5 Å². The number of likely N-dealkylation sites (tertiary alicyclic amines) is 1. The number of para-hydroxylation sites is 1. The van der Waals surface area contributed by atoms with Crippen LogP contribution in [0.3, 0.4) is 0 Å². The smallest absolute Gasteiger partial charge is 0.253 e. The minimum atomic E-state index is -0.0750. The number of anilines is 1. The molecule has 1 atom stereocenters. The van der Waals surface area contributed by atoms with Gasteiger partial charge in [-0.25, -0.2) is 4.98 Å². The van der Waals surface area contributed by atoms with Crippen molar-refractivity contribution in [2.24, 2.45) is 0 Å². The van der Waals surface area contributed by atoms with Gasteiger partial charge in [0.15, 0.2) is 0 Å². The van der Waals surface area contributed by atoms with E-state index >= 15 is 0 Å². The normalized spacial score (nSPS) is 15.4. The van der Waals surface area contributed by atoms with Gasteiger partial charge >= 0.3 is 0 Å². The number of carbonyl (C=O) groups is 1. The first-order valence-electron chi connectivity index (χ1n) is 12.8. The summed E-state index contributed by atoms with van der Waals surface area (Å²) in [4.78, 5) is 26.4. The highest BCUT2D eigenvalue weighted by Crippen LogP contribution is 2.26. The fourth-order valence-electron chi connectivity index (χ4n) is 5.17. The summed E-state index contributed by atoms with van der Waals surface area (Å²) in [7, 11) is 0. The van der Waals surface area contributed by atoms with E-state index in [0.29, 0.717) is 35.0 Å². The number of aryl methyl sites for hydroxylation is 2. The molecule has 1 N–H and O–H groups in total. The molecule has 0 aliphatic carbocycles. The second-order valence-corrected chi connectivity index (χ2v) is 10.1. The zero-order valence-electron chi connectivity index (χ0n) is 21.5. The summed E-state index contributed by atoms with van der Waals surface area (Å²) in [5.41, 5.74) is 4.64. The van der Waals surface area contributed by atoms with Crippen LogP contribution in [-0.4, -0.2) is 52.5 Å². The SMILES string of the molecule is Cc1cc(Cl)nc(C)c1C(=O)NCC[C@@H](C)N1CCC(N(Cc2cccnc2)c2ccccc2)CC1. The predicted molar refractivity (Wildman–Crippen MR) is 147 cm³/mol. The van der Waals surface area contributed by atoms with Crippen molar-refractivity contribution in [3.8, 4) is 0 Å². The second-order valence-electron chi connectivity index (χ2n) is 9.71. The monoisotopic (exact) mass is 505 g/mol. The third-order valence-corrected chi connectivity index (χ3v) is 7.36. The molecule has 2 aromatic heterocycles. The standard InChI is InChI=1S/C29H36ClN5O/c1-21-18-27(30)33-23(3)28(21)29(36)32-15-11-22(2)34-16-12-26(13-17-34)35(25-9-5-4-6-10-25)20-24-8-7-14-31-19-24/h4-10,14,18-19,22,26H,11-13,15-17,20H2,1-3H3,(H,32,36)/t22-/m1/s1. The molecule has 1 aromatic carbocycles. The minimum Gasteiger partial charge on any atom is -0.364 e. The summed E-state index contributed by atoms with van der Waals surface area (Å²) >= 11 is 6.01. The zero-order chi connectivity index (χ0) is 25.5. The Kier molecular flexibility index (Phi) is 8.94. The fourth-order valence-corrected chi connectivity index (χ4v) is 5.46. The van der Waals surface area contributed by atoms with Crippen LogP contribution in [0.15, 0.2) is 60.9 Å². The number of hydrogen-bond acceptors (Lipinski definition) is 5. The molecule has 0 saturated carbocycles. The molecule has 36 heavy (non-hydrogen) atoms. The van der Waals surface area contributed by atoms with E-state index in [2.05, 4.69) is 68.4 Å². The first-order valence-corrected chi connectivity index (χ1v) is 13.2. The molecule has 1 amide bonds. The van der Waals surface area contributed by atoms with Crippen LogP contribution in [0.1, 0.15) is 53.4 Å². The molecule has 0 unspecified atom stereocenters. The lowest BCUT2D eigenvalue weighted by Crippen LogP contribution is -2.48. The first-order chi connectivity index (χ1) is 17.4. The van der Waals surface area contributed by atoms with Crippen LogP contribution < -0.4 is 10.2 Å². The summed E-state index contributed by atoms with van der Waals surface area (Å²) in [6, 6.07) is 17.5. The van der Waals surface area contributed by atoms with E-state index in [0.717, 1.165) is 44.5 Å². The van der Waals surface area contributed by atoms with E-state index in [9.17, 15) is 4.79 Å². The molecule has 3 heterocycles. The Balaban J connectivity index is 1.30. The Hall–Kier alpha value is -2.96. The van der Waals surface area contributed by atoms with Crippen molar-refractivity contribution >= 4 is 23.2 Å². The van der Waals surface area contributed by atoms with Crippen LogP contribution in [0.5, 0.6) is 0 Å². The Morgan fingerprint density at radius 3 is 2.58 bits per heavy atom. The van der Waals surface area contributed by atoms with Gasteiger partial charge in [-0.2, -0.15) is 0 Å². The number of nitrogens with one attached hydrogen (secondary N) is 1. The van der Waals surface area contributed by atoms with Crippen LogP contribution in [0, 0.1) is 13.8 Å². The molecule has 0 radical (unpaired) electrons. The highest BCUT2D eigenvalue weighted by atomic mass is 35.5. The number of pyridine rings is 2. The van der Waals surface area contributed by atoms with Crippen LogP contribution in [0.25, 0.3) is 0 Å². The molecule has 4 rings (SSSR count). The molecule has 7 heteroatoms. The maximum Gasteiger partial charge on any atom is 0.253 e. The maximum absolute atomic E-state index is 12.7. The largest absolute Gasteiger partial charge is 0.364 e. The number of hydrogen-bond donors (Lipinski definition) is 1. The summed E-state index contributed by atoms with van der Waals surface area (Å²) in [5.74, 6) is -0.0750. The highest BCUT2D eigenvalue weighted by Gasteiger charge is 2.27. The number of halogens is 1. The van der Waals surface area contributed by atoms with Gasteiger partial charge in [-0.1, -0.05) is 35.9 Å². The Morgan fingerprint density at radius 1 is 1.17 bits per heavy atom. The number of benzene rings is 1. The van der Waals surface area contributed by atoms with Crippen molar-refractivity contribution in [3.63, 3.8) is 0 Å². The first kappa shape index (κ1) is 26.1. The van der Waals surface area contributed by atoms with Gasteiger partial charge < -0.3 is 15.1 Å². The number of piperidine rings is 1. The van der Waals surface area contributed by atoms with Gasteiger partial charge in [-0.3, -0.25) is 9.78 Å². The molecule has 190 valence electrons. The molecule has 0 bridgehead atoms. The average Bonchev–Trinajstić information content (AvgIpc) is 2.88. The molecular formula is C29H36ClN5O. The fraction of sp³-hybridized carbons (Fsp3) is 0.414. The van der Waals surface area contributed by atoms with Crippen molar-refractivity contribution < 1.29 is 4.79 Å². The molecule has 0 spiro atoms. The van der Waals surface area contributed by atoms with Crippen molar-refractivity contribution in [1.29, 1.82) is 0 Å². The molecule has 1 saturated heterocycles. The van der Waals surface area contributed by atoms with Gasteiger partial charge in [-0.15, -0.1) is 0 Å². The molecule has 1 fully saturated rings. The molecule has 3 aromatic rings. The zero-order valence-corrected chi connectivity index (χ0v) is 22.2. The molecule has 1 aliphatic rings. The summed E-state index contributed by atoms with van der Waals surface area (Å²) in [5, 5.41) is 3.50. The minimum absolute atomic E-state index is 0.0750. The van der Waals surface area contributed by atoms with Crippen LogP contribution in [0.2, 0.25) is 5.15 Å². The van der Waals surface area contributed by atoms with E-state index in [1.165, 1.54) is 11.3 Å². The van der Waals surface area contributed by atoms with E-state index in [-0.39, 0.29) is 5.91 Å². The van der Waals surface area contributed by atoms with Gasteiger partial charge in [0.05, 0.1) is 11.3 Å². The highest BCUT2D eigenvalue weighted by molar-refractivity contribution is 6.29. The van der Waals surface area contributed by atoms with Gasteiger partial charge in [0, 0.05) is 56.3 Å². The van der Waals surface area contributed by atoms with Gasteiger partial charge in [0.25, 0.3) is 5.91 Å². The number of nitrogens with zero attached hydrogens (tertiary/aromatic N) is 4. The number of aromatic nitrogens is 2. The molecular weight excluding hydrogens is 470 g/mol. The lowest BCUT2D eigenvalue weighted by molar-refractivity contribution is 0.0943. The van der Waals surface area contributed by atoms with E-state index in [1.54, 1.807) is 6.07 Å². The van der Waals surface area contributed by atoms with Crippen LogP contribution in [0.4, 0.5) is 5.69 Å². The van der Waals surface area contributed by atoms with Gasteiger partial charge in [0.2, 0.25) is 0 Å². The van der Waals surface area contributed by atoms with E-state index < -0.39 is 0 Å².